The molecule has 2 aromatic rings. The lowest BCUT2D eigenvalue weighted by Crippen LogP contribution is -2.07. The summed E-state index contributed by atoms with van der Waals surface area (Å²) in [4.78, 5) is 23.6. The standard InChI is InChI=1S/C16H11BrO3/c1-2-14(18)20-13-10-6-9-12(15(13)17)16(19)11-7-4-3-5-8-11/h2-10H,1H2. The maximum absolute atomic E-state index is 12.4. The van der Waals surface area contributed by atoms with Gasteiger partial charge in [0.25, 0.3) is 0 Å². The summed E-state index contributed by atoms with van der Waals surface area (Å²) in [5, 5.41) is 0. The molecular formula is C16H11BrO3. The van der Waals surface area contributed by atoms with Gasteiger partial charge in [0, 0.05) is 17.2 Å². The summed E-state index contributed by atoms with van der Waals surface area (Å²) in [6.45, 7) is 3.33. The van der Waals surface area contributed by atoms with Crippen molar-refractivity contribution in [1.29, 1.82) is 0 Å². The van der Waals surface area contributed by atoms with Crippen molar-refractivity contribution in [3.05, 3.63) is 76.8 Å². The largest absolute Gasteiger partial charge is 0.422 e. The van der Waals surface area contributed by atoms with Crippen LogP contribution in [0.4, 0.5) is 0 Å². The Kier molecular flexibility index (Phi) is 4.48. The van der Waals surface area contributed by atoms with Crippen LogP contribution in [-0.2, 0) is 4.79 Å². The fraction of sp³-hybridized carbons (Fsp3) is 0. The van der Waals surface area contributed by atoms with Crippen LogP contribution < -0.4 is 4.74 Å². The lowest BCUT2D eigenvalue weighted by molar-refractivity contribution is -0.129. The van der Waals surface area contributed by atoms with Crippen LogP contribution >= 0.6 is 15.9 Å². The Labute approximate surface area is 125 Å². The number of ketones is 1. The smallest absolute Gasteiger partial charge is 0.335 e. The van der Waals surface area contributed by atoms with E-state index < -0.39 is 5.97 Å². The van der Waals surface area contributed by atoms with Crippen LogP contribution in [0, 0.1) is 0 Å². The van der Waals surface area contributed by atoms with Crippen molar-refractivity contribution < 1.29 is 14.3 Å². The van der Waals surface area contributed by atoms with Gasteiger partial charge in [-0.3, -0.25) is 4.79 Å². The van der Waals surface area contributed by atoms with E-state index in [1.807, 2.05) is 6.07 Å². The zero-order valence-electron chi connectivity index (χ0n) is 10.5. The molecule has 0 bridgehead atoms. The third-order valence-electron chi connectivity index (χ3n) is 2.62. The predicted molar refractivity (Wildman–Crippen MR) is 79.8 cm³/mol. The topological polar surface area (TPSA) is 43.4 Å². The monoisotopic (exact) mass is 330 g/mol. The molecule has 0 aliphatic heterocycles. The average Bonchev–Trinajstić information content (AvgIpc) is 2.49. The highest BCUT2D eigenvalue weighted by Gasteiger charge is 2.16. The first-order chi connectivity index (χ1) is 9.63. The second kappa shape index (κ2) is 6.30. The Balaban J connectivity index is 2.38. The molecule has 0 amide bonds. The van der Waals surface area contributed by atoms with E-state index >= 15 is 0 Å². The minimum atomic E-state index is -0.574. The van der Waals surface area contributed by atoms with Gasteiger partial charge in [0.05, 0.1) is 4.47 Å². The number of hydrogen-bond acceptors (Lipinski definition) is 3. The third kappa shape index (κ3) is 3.03. The molecule has 2 aromatic carbocycles. The minimum absolute atomic E-state index is 0.144. The lowest BCUT2D eigenvalue weighted by Gasteiger charge is -2.08. The summed E-state index contributed by atoms with van der Waals surface area (Å²) in [7, 11) is 0. The molecule has 3 nitrogen and oxygen atoms in total. The molecule has 2 rings (SSSR count). The molecule has 100 valence electrons. The van der Waals surface area contributed by atoms with Gasteiger partial charge in [-0.25, -0.2) is 4.79 Å². The number of hydrogen-bond donors (Lipinski definition) is 0. The van der Waals surface area contributed by atoms with Gasteiger partial charge in [-0.15, -0.1) is 0 Å². The zero-order chi connectivity index (χ0) is 14.5. The van der Waals surface area contributed by atoms with Crippen molar-refractivity contribution in [1.82, 2.24) is 0 Å². The van der Waals surface area contributed by atoms with Gasteiger partial charge < -0.3 is 4.74 Å². The lowest BCUT2D eigenvalue weighted by atomic mass is 10.0. The second-order valence-corrected chi connectivity index (χ2v) is 4.73. The summed E-state index contributed by atoms with van der Waals surface area (Å²) >= 11 is 3.30. The van der Waals surface area contributed by atoms with Crippen molar-refractivity contribution in [2.24, 2.45) is 0 Å². The van der Waals surface area contributed by atoms with Crippen LogP contribution in [-0.4, -0.2) is 11.8 Å². The van der Waals surface area contributed by atoms with E-state index in [1.54, 1.807) is 42.5 Å². The Bertz CT molecular complexity index is 663. The summed E-state index contributed by atoms with van der Waals surface area (Å²) in [5.74, 6) is -0.430. The van der Waals surface area contributed by atoms with Crippen LogP contribution in [0.3, 0.4) is 0 Å². The number of carbonyl (C=O) groups excluding carboxylic acids is 2. The number of rotatable bonds is 4. The number of esters is 1. The molecule has 4 heteroatoms. The first-order valence-corrected chi connectivity index (χ1v) is 6.65. The molecule has 0 saturated carbocycles. The van der Waals surface area contributed by atoms with Crippen molar-refractivity contribution in [2.75, 3.05) is 0 Å². The molecule has 0 fully saturated rings. The molecule has 0 saturated heterocycles. The van der Waals surface area contributed by atoms with E-state index in [1.165, 1.54) is 0 Å². The molecule has 0 aliphatic rings. The molecular weight excluding hydrogens is 320 g/mol. The number of halogens is 1. The van der Waals surface area contributed by atoms with Crippen molar-refractivity contribution in [3.63, 3.8) is 0 Å². The summed E-state index contributed by atoms with van der Waals surface area (Å²) in [6, 6.07) is 13.8. The number of ether oxygens (including phenoxy) is 1. The highest BCUT2D eigenvalue weighted by atomic mass is 79.9. The van der Waals surface area contributed by atoms with Crippen LogP contribution in [0.2, 0.25) is 0 Å². The molecule has 0 aromatic heterocycles. The van der Waals surface area contributed by atoms with E-state index in [-0.39, 0.29) is 11.5 Å². The van der Waals surface area contributed by atoms with Crippen molar-refractivity contribution >= 4 is 27.7 Å². The maximum atomic E-state index is 12.4. The summed E-state index contributed by atoms with van der Waals surface area (Å²) < 4.78 is 5.51. The van der Waals surface area contributed by atoms with Gasteiger partial charge >= 0.3 is 5.97 Å². The zero-order valence-corrected chi connectivity index (χ0v) is 12.1. The van der Waals surface area contributed by atoms with Gasteiger partial charge in [-0.1, -0.05) is 43.0 Å². The molecule has 0 heterocycles. The first-order valence-electron chi connectivity index (χ1n) is 5.86. The fourth-order valence-corrected chi connectivity index (χ4v) is 2.19. The van der Waals surface area contributed by atoms with E-state index in [2.05, 4.69) is 22.5 Å². The summed E-state index contributed by atoms with van der Waals surface area (Å²) in [6.07, 6.45) is 1.07. The quantitative estimate of drug-likeness (QED) is 0.371. The number of benzene rings is 2. The third-order valence-corrected chi connectivity index (χ3v) is 3.44. The normalized spacial score (nSPS) is 9.85. The predicted octanol–water partition coefficient (Wildman–Crippen LogP) is 3.77. The van der Waals surface area contributed by atoms with E-state index in [4.69, 9.17) is 4.74 Å². The Morgan fingerprint density at radius 3 is 2.40 bits per heavy atom. The van der Waals surface area contributed by atoms with Gasteiger partial charge in [-0.05, 0) is 28.1 Å². The molecule has 0 aliphatic carbocycles. The minimum Gasteiger partial charge on any atom is -0.422 e. The molecule has 0 unspecified atom stereocenters. The van der Waals surface area contributed by atoms with Gasteiger partial charge in [0.15, 0.2) is 5.78 Å². The van der Waals surface area contributed by atoms with Crippen LogP contribution in [0.15, 0.2) is 65.7 Å². The SMILES string of the molecule is C=CC(=O)Oc1cccc(C(=O)c2ccccc2)c1Br. The van der Waals surface area contributed by atoms with E-state index in [9.17, 15) is 9.59 Å². The Morgan fingerprint density at radius 2 is 1.75 bits per heavy atom. The van der Waals surface area contributed by atoms with Crippen molar-refractivity contribution in [3.8, 4) is 5.75 Å². The highest BCUT2D eigenvalue weighted by Crippen LogP contribution is 2.30. The molecule has 0 N–H and O–H groups in total. The van der Waals surface area contributed by atoms with Gasteiger partial charge in [0.1, 0.15) is 5.75 Å². The average molecular weight is 331 g/mol. The Morgan fingerprint density at radius 1 is 1.05 bits per heavy atom. The van der Waals surface area contributed by atoms with Gasteiger partial charge in [-0.2, -0.15) is 0 Å². The number of carbonyl (C=O) groups is 2. The fourth-order valence-electron chi connectivity index (χ4n) is 1.66. The maximum Gasteiger partial charge on any atom is 0.335 e. The van der Waals surface area contributed by atoms with Crippen LogP contribution in [0.1, 0.15) is 15.9 Å². The molecule has 20 heavy (non-hydrogen) atoms. The Hall–Kier alpha value is -2.20. The van der Waals surface area contributed by atoms with Crippen LogP contribution in [0.5, 0.6) is 5.75 Å². The van der Waals surface area contributed by atoms with Gasteiger partial charge in [0.2, 0.25) is 0 Å². The highest BCUT2D eigenvalue weighted by molar-refractivity contribution is 9.10. The van der Waals surface area contributed by atoms with E-state index in [0.29, 0.717) is 15.6 Å². The van der Waals surface area contributed by atoms with E-state index in [0.717, 1.165) is 6.08 Å². The molecule has 0 atom stereocenters. The molecule has 0 spiro atoms. The van der Waals surface area contributed by atoms with Crippen molar-refractivity contribution in [2.45, 2.75) is 0 Å². The van der Waals surface area contributed by atoms with Crippen LogP contribution in [0.25, 0.3) is 0 Å². The first kappa shape index (κ1) is 14.2. The summed E-state index contributed by atoms with van der Waals surface area (Å²) in [5.41, 5.74) is 1.01. The second-order valence-electron chi connectivity index (χ2n) is 3.94. The molecule has 0 radical (unpaired) electrons.